The lowest BCUT2D eigenvalue weighted by atomic mass is 9.95. The van der Waals surface area contributed by atoms with Gasteiger partial charge in [0.15, 0.2) is 0 Å². The van der Waals surface area contributed by atoms with Gasteiger partial charge in [-0.1, -0.05) is 6.07 Å². The highest BCUT2D eigenvalue weighted by atomic mass is 35.5. The zero-order valence-corrected chi connectivity index (χ0v) is 12.0. The van der Waals surface area contributed by atoms with Crippen LogP contribution >= 0.6 is 12.4 Å². The standard InChI is InChI=1S/C14H19FN2O.ClH/c1-9-3-4-10(7-12(9)15)13(18)17-14(2,8-16)11-5-6-11;/h3-4,7,11H,5-6,8,16H2,1-2H3,(H,17,18);1H. The summed E-state index contributed by atoms with van der Waals surface area (Å²) in [5.41, 5.74) is 6.25. The van der Waals surface area contributed by atoms with Crippen LogP contribution in [0.15, 0.2) is 18.2 Å². The highest BCUT2D eigenvalue weighted by molar-refractivity contribution is 5.94. The van der Waals surface area contributed by atoms with Gasteiger partial charge in [-0.2, -0.15) is 0 Å². The van der Waals surface area contributed by atoms with E-state index in [0.29, 0.717) is 23.6 Å². The summed E-state index contributed by atoms with van der Waals surface area (Å²) in [5, 5.41) is 2.94. The number of carbonyl (C=O) groups excluding carboxylic acids is 1. The molecule has 1 unspecified atom stereocenters. The number of rotatable bonds is 4. The van der Waals surface area contributed by atoms with Gasteiger partial charge in [0.2, 0.25) is 0 Å². The molecule has 19 heavy (non-hydrogen) atoms. The minimum atomic E-state index is -0.377. The molecular formula is C14H20ClFN2O. The molecule has 1 fully saturated rings. The van der Waals surface area contributed by atoms with Crippen molar-refractivity contribution in [2.75, 3.05) is 6.54 Å². The normalized spacial score (nSPS) is 17.3. The number of hydrogen-bond acceptors (Lipinski definition) is 2. The molecule has 0 heterocycles. The van der Waals surface area contributed by atoms with Crippen LogP contribution in [-0.2, 0) is 0 Å². The van der Waals surface area contributed by atoms with Crippen LogP contribution < -0.4 is 11.1 Å². The average Bonchev–Trinajstić information content (AvgIpc) is 3.16. The molecule has 3 nitrogen and oxygen atoms in total. The molecule has 1 aromatic rings. The molecule has 106 valence electrons. The van der Waals surface area contributed by atoms with Gasteiger partial charge in [0.05, 0.1) is 5.54 Å². The highest BCUT2D eigenvalue weighted by Gasteiger charge is 2.41. The predicted molar refractivity (Wildman–Crippen MR) is 76.0 cm³/mol. The molecule has 1 aromatic carbocycles. The van der Waals surface area contributed by atoms with Crippen molar-refractivity contribution in [2.24, 2.45) is 11.7 Å². The SMILES string of the molecule is Cc1ccc(C(=O)NC(C)(CN)C2CC2)cc1F.Cl. The quantitative estimate of drug-likeness (QED) is 0.893. The van der Waals surface area contributed by atoms with Crippen molar-refractivity contribution in [3.8, 4) is 0 Å². The van der Waals surface area contributed by atoms with E-state index in [4.69, 9.17) is 5.73 Å². The van der Waals surface area contributed by atoms with Crippen LogP contribution in [0.5, 0.6) is 0 Å². The molecule has 1 saturated carbocycles. The first-order valence-corrected chi connectivity index (χ1v) is 6.25. The predicted octanol–water partition coefficient (Wildman–Crippen LogP) is 2.41. The van der Waals surface area contributed by atoms with Gasteiger partial charge in [-0.05, 0) is 50.3 Å². The van der Waals surface area contributed by atoms with Crippen molar-refractivity contribution < 1.29 is 9.18 Å². The van der Waals surface area contributed by atoms with Crippen LogP contribution in [-0.4, -0.2) is 18.0 Å². The van der Waals surface area contributed by atoms with Crippen LogP contribution in [0.2, 0.25) is 0 Å². The first-order valence-electron chi connectivity index (χ1n) is 6.25. The summed E-state index contributed by atoms with van der Waals surface area (Å²) in [6.45, 7) is 4.02. The van der Waals surface area contributed by atoms with E-state index >= 15 is 0 Å². The third-order valence-electron chi connectivity index (χ3n) is 3.74. The zero-order chi connectivity index (χ0) is 13.3. The van der Waals surface area contributed by atoms with Crippen molar-refractivity contribution in [2.45, 2.75) is 32.2 Å². The Kier molecular flexibility index (Phi) is 4.93. The molecule has 0 aromatic heterocycles. The molecule has 1 aliphatic carbocycles. The fourth-order valence-corrected chi connectivity index (χ4v) is 2.11. The molecule has 0 aliphatic heterocycles. The van der Waals surface area contributed by atoms with E-state index in [2.05, 4.69) is 5.32 Å². The third kappa shape index (κ3) is 3.45. The Labute approximate surface area is 119 Å². The lowest BCUT2D eigenvalue weighted by molar-refractivity contribution is 0.0897. The highest BCUT2D eigenvalue weighted by Crippen LogP contribution is 2.39. The number of aryl methyl sites for hydroxylation is 1. The Hall–Kier alpha value is -1.13. The van der Waals surface area contributed by atoms with Crippen molar-refractivity contribution in [3.63, 3.8) is 0 Å². The average molecular weight is 287 g/mol. The Bertz CT molecular complexity index is 477. The van der Waals surface area contributed by atoms with E-state index in [1.165, 1.54) is 6.07 Å². The molecule has 0 spiro atoms. The summed E-state index contributed by atoms with van der Waals surface area (Å²) < 4.78 is 13.4. The second-order valence-electron chi connectivity index (χ2n) is 5.31. The Morgan fingerprint density at radius 1 is 1.53 bits per heavy atom. The maximum Gasteiger partial charge on any atom is 0.251 e. The summed E-state index contributed by atoms with van der Waals surface area (Å²) in [4.78, 5) is 12.1. The van der Waals surface area contributed by atoms with Crippen LogP contribution in [0.25, 0.3) is 0 Å². The monoisotopic (exact) mass is 286 g/mol. The fourth-order valence-electron chi connectivity index (χ4n) is 2.11. The van der Waals surface area contributed by atoms with Gasteiger partial charge >= 0.3 is 0 Å². The molecule has 1 aliphatic rings. The first-order chi connectivity index (χ1) is 8.46. The van der Waals surface area contributed by atoms with E-state index in [0.717, 1.165) is 12.8 Å². The summed E-state index contributed by atoms with van der Waals surface area (Å²) in [6, 6.07) is 4.52. The summed E-state index contributed by atoms with van der Waals surface area (Å²) in [5.74, 6) is -0.168. The first kappa shape index (κ1) is 15.9. The van der Waals surface area contributed by atoms with Crippen molar-refractivity contribution in [1.29, 1.82) is 0 Å². The molecule has 3 N–H and O–H groups in total. The zero-order valence-electron chi connectivity index (χ0n) is 11.2. The Morgan fingerprint density at radius 2 is 2.16 bits per heavy atom. The van der Waals surface area contributed by atoms with Gasteiger partial charge < -0.3 is 11.1 Å². The summed E-state index contributed by atoms with van der Waals surface area (Å²) >= 11 is 0. The Balaban J connectivity index is 0.00000180. The van der Waals surface area contributed by atoms with Crippen LogP contribution in [0.4, 0.5) is 4.39 Å². The maximum absolute atomic E-state index is 13.4. The molecular weight excluding hydrogens is 267 g/mol. The van der Waals surface area contributed by atoms with Gasteiger partial charge in [-0.3, -0.25) is 4.79 Å². The van der Waals surface area contributed by atoms with E-state index < -0.39 is 0 Å². The Morgan fingerprint density at radius 3 is 2.63 bits per heavy atom. The number of halogens is 2. The second kappa shape index (κ2) is 5.88. The molecule has 1 atom stereocenters. The van der Waals surface area contributed by atoms with Crippen molar-refractivity contribution in [1.82, 2.24) is 5.32 Å². The van der Waals surface area contributed by atoms with E-state index in [1.807, 2.05) is 6.92 Å². The molecule has 0 saturated heterocycles. The van der Waals surface area contributed by atoms with Gasteiger partial charge in [0.1, 0.15) is 5.82 Å². The van der Waals surface area contributed by atoms with Gasteiger partial charge in [-0.25, -0.2) is 4.39 Å². The van der Waals surface area contributed by atoms with Crippen LogP contribution in [0.3, 0.4) is 0 Å². The van der Waals surface area contributed by atoms with Gasteiger partial charge in [-0.15, -0.1) is 12.4 Å². The van der Waals surface area contributed by atoms with E-state index in [-0.39, 0.29) is 29.7 Å². The second-order valence-corrected chi connectivity index (χ2v) is 5.31. The van der Waals surface area contributed by atoms with E-state index in [9.17, 15) is 9.18 Å². The molecule has 1 amide bonds. The fraction of sp³-hybridized carbons (Fsp3) is 0.500. The number of amides is 1. The third-order valence-corrected chi connectivity index (χ3v) is 3.74. The molecule has 0 bridgehead atoms. The minimum Gasteiger partial charge on any atom is -0.345 e. The summed E-state index contributed by atoms with van der Waals surface area (Å²) in [6.07, 6.45) is 2.19. The number of nitrogens with two attached hydrogens (primary N) is 1. The van der Waals surface area contributed by atoms with Crippen LogP contribution in [0, 0.1) is 18.7 Å². The topological polar surface area (TPSA) is 55.1 Å². The van der Waals surface area contributed by atoms with Gasteiger partial charge in [0.25, 0.3) is 5.91 Å². The smallest absolute Gasteiger partial charge is 0.251 e. The molecule has 0 radical (unpaired) electrons. The van der Waals surface area contributed by atoms with E-state index in [1.54, 1.807) is 19.1 Å². The maximum atomic E-state index is 13.4. The minimum absolute atomic E-state index is 0. The van der Waals surface area contributed by atoms with Crippen LogP contribution in [0.1, 0.15) is 35.7 Å². The largest absolute Gasteiger partial charge is 0.345 e. The van der Waals surface area contributed by atoms with Gasteiger partial charge in [0, 0.05) is 12.1 Å². The summed E-state index contributed by atoms with van der Waals surface area (Å²) in [7, 11) is 0. The molecule has 5 heteroatoms. The van der Waals surface area contributed by atoms with Crippen molar-refractivity contribution >= 4 is 18.3 Å². The number of nitrogens with one attached hydrogen (secondary N) is 1. The number of hydrogen-bond donors (Lipinski definition) is 2. The van der Waals surface area contributed by atoms with Crippen molar-refractivity contribution in [3.05, 3.63) is 35.1 Å². The number of benzene rings is 1. The lowest BCUT2D eigenvalue weighted by Crippen LogP contribution is -2.53. The lowest BCUT2D eigenvalue weighted by Gasteiger charge is -2.29. The molecule has 2 rings (SSSR count). The number of carbonyl (C=O) groups is 1.